The molecule has 2 aromatic carbocycles. The zero-order chi connectivity index (χ0) is 21.6. The summed E-state index contributed by atoms with van der Waals surface area (Å²) in [5.41, 5.74) is 11.7. The summed E-state index contributed by atoms with van der Waals surface area (Å²) in [6.45, 7) is 9.24. The van der Waals surface area contributed by atoms with Gasteiger partial charge in [-0.05, 0) is 87.6 Å². The Morgan fingerprint density at radius 3 is 2.45 bits per heavy atom. The van der Waals surface area contributed by atoms with Crippen LogP contribution in [0.1, 0.15) is 99.1 Å². The fraction of sp³-hybridized carbons (Fsp3) is 0.419. The molecule has 1 atom stereocenters. The molecular formula is C31H36. The second-order valence-electron chi connectivity index (χ2n) is 10.8. The van der Waals surface area contributed by atoms with Crippen molar-refractivity contribution in [3.05, 3.63) is 88.0 Å². The van der Waals surface area contributed by atoms with E-state index in [9.17, 15) is 0 Å². The fourth-order valence-electron chi connectivity index (χ4n) is 5.95. The van der Waals surface area contributed by atoms with E-state index >= 15 is 0 Å². The minimum atomic E-state index is 0.176. The Hall–Kier alpha value is -2.34. The zero-order valence-corrected chi connectivity index (χ0v) is 19.7. The molecule has 0 N–H and O–H groups in total. The molecule has 0 heteroatoms. The molecular weight excluding hydrogens is 372 g/mol. The molecule has 0 radical (unpaired) electrons. The third-order valence-electron chi connectivity index (χ3n) is 7.71. The summed E-state index contributed by atoms with van der Waals surface area (Å²) >= 11 is 0. The van der Waals surface area contributed by atoms with Crippen molar-refractivity contribution in [1.29, 1.82) is 0 Å². The van der Waals surface area contributed by atoms with Gasteiger partial charge in [-0.2, -0.15) is 0 Å². The highest BCUT2D eigenvalue weighted by molar-refractivity contribution is 5.90. The molecule has 3 aliphatic carbocycles. The summed E-state index contributed by atoms with van der Waals surface area (Å²) in [4.78, 5) is 0. The molecule has 0 aliphatic heterocycles. The smallest absolute Gasteiger partial charge is 0.00555 e. The Morgan fingerprint density at radius 1 is 0.935 bits per heavy atom. The number of hydrogen-bond donors (Lipinski definition) is 0. The molecule has 0 saturated heterocycles. The third-order valence-corrected chi connectivity index (χ3v) is 7.71. The van der Waals surface area contributed by atoms with Crippen molar-refractivity contribution >= 4 is 17.2 Å². The second kappa shape index (κ2) is 7.97. The van der Waals surface area contributed by atoms with Gasteiger partial charge in [0.25, 0.3) is 0 Å². The molecule has 0 aromatic heterocycles. The van der Waals surface area contributed by atoms with Crippen molar-refractivity contribution in [2.45, 2.75) is 77.6 Å². The second-order valence-corrected chi connectivity index (χ2v) is 10.8. The van der Waals surface area contributed by atoms with E-state index in [1.807, 2.05) is 0 Å². The average Bonchev–Trinajstić information content (AvgIpc) is 3.52. The normalized spacial score (nSPS) is 20.8. The summed E-state index contributed by atoms with van der Waals surface area (Å²) in [5.74, 6) is 1.52. The van der Waals surface area contributed by atoms with Gasteiger partial charge in [0.2, 0.25) is 0 Å². The maximum Gasteiger partial charge on any atom is 0.00555 e. The Balaban J connectivity index is 1.40. The van der Waals surface area contributed by atoms with Gasteiger partial charge in [-0.1, -0.05) is 95.2 Å². The molecule has 160 valence electrons. The van der Waals surface area contributed by atoms with Crippen molar-refractivity contribution in [3.63, 3.8) is 0 Å². The summed E-state index contributed by atoms with van der Waals surface area (Å²) in [5, 5.41) is 0. The summed E-state index contributed by atoms with van der Waals surface area (Å²) in [6, 6.07) is 14.3. The lowest BCUT2D eigenvalue weighted by atomic mass is 9.81. The van der Waals surface area contributed by atoms with Crippen molar-refractivity contribution < 1.29 is 0 Å². The van der Waals surface area contributed by atoms with E-state index in [0.29, 0.717) is 5.92 Å². The van der Waals surface area contributed by atoms with Crippen LogP contribution >= 0.6 is 0 Å². The Bertz CT molecular complexity index is 1080. The standard InChI is InChI=1S/C31H36/c1-5-21-10-11-26(20-30(21)31(2,3)4)24-13-12-23(18-24)25-14-16-29-27(19-25)15-17-28(29)22-8-6-7-9-22/h10-11,13-20,22,28H,5-9,12H2,1-4H3. The monoisotopic (exact) mass is 408 g/mol. The molecule has 31 heavy (non-hydrogen) atoms. The van der Waals surface area contributed by atoms with E-state index < -0.39 is 0 Å². The quantitative estimate of drug-likeness (QED) is 0.474. The minimum Gasteiger partial charge on any atom is -0.0761 e. The van der Waals surface area contributed by atoms with E-state index in [1.165, 1.54) is 64.6 Å². The van der Waals surface area contributed by atoms with Gasteiger partial charge in [0, 0.05) is 5.92 Å². The molecule has 5 rings (SSSR count). The summed E-state index contributed by atoms with van der Waals surface area (Å²) in [7, 11) is 0. The van der Waals surface area contributed by atoms with Gasteiger partial charge in [0.15, 0.2) is 0 Å². The molecule has 0 heterocycles. The van der Waals surface area contributed by atoms with Crippen LogP contribution in [0.3, 0.4) is 0 Å². The van der Waals surface area contributed by atoms with E-state index in [2.05, 4.69) is 88.4 Å². The highest BCUT2D eigenvalue weighted by Crippen LogP contribution is 2.44. The van der Waals surface area contributed by atoms with Crippen LogP contribution in [-0.2, 0) is 11.8 Å². The number of benzene rings is 2. The first-order valence-corrected chi connectivity index (χ1v) is 12.3. The predicted molar refractivity (Wildman–Crippen MR) is 135 cm³/mol. The molecule has 1 saturated carbocycles. The van der Waals surface area contributed by atoms with Crippen LogP contribution in [0.2, 0.25) is 0 Å². The van der Waals surface area contributed by atoms with Gasteiger partial charge >= 0.3 is 0 Å². The molecule has 2 aromatic rings. The molecule has 0 amide bonds. The van der Waals surface area contributed by atoms with E-state index in [1.54, 1.807) is 5.56 Å². The lowest BCUT2D eigenvalue weighted by Gasteiger charge is -2.23. The molecule has 0 nitrogen and oxygen atoms in total. The average molecular weight is 409 g/mol. The van der Waals surface area contributed by atoms with Crippen LogP contribution in [0, 0.1) is 5.92 Å². The predicted octanol–water partition coefficient (Wildman–Crippen LogP) is 8.72. The van der Waals surface area contributed by atoms with E-state index in [-0.39, 0.29) is 5.41 Å². The van der Waals surface area contributed by atoms with E-state index in [0.717, 1.165) is 18.8 Å². The molecule has 3 aliphatic rings. The van der Waals surface area contributed by atoms with Crippen molar-refractivity contribution in [1.82, 2.24) is 0 Å². The van der Waals surface area contributed by atoms with Gasteiger partial charge in [0.1, 0.15) is 0 Å². The number of fused-ring (bicyclic) bond motifs is 1. The number of rotatable bonds is 4. The zero-order valence-electron chi connectivity index (χ0n) is 19.7. The molecule has 1 unspecified atom stereocenters. The first-order valence-electron chi connectivity index (χ1n) is 12.3. The van der Waals surface area contributed by atoms with Crippen LogP contribution in [0.5, 0.6) is 0 Å². The first-order chi connectivity index (χ1) is 14.9. The van der Waals surface area contributed by atoms with Crippen LogP contribution in [0.4, 0.5) is 0 Å². The maximum atomic E-state index is 2.47. The third kappa shape index (κ3) is 3.86. The highest BCUT2D eigenvalue weighted by Gasteiger charge is 2.28. The van der Waals surface area contributed by atoms with Crippen LogP contribution < -0.4 is 0 Å². The van der Waals surface area contributed by atoms with Crippen LogP contribution in [0.25, 0.3) is 17.2 Å². The summed E-state index contributed by atoms with van der Waals surface area (Å²) in [6.07, 6.45) is 17.5. The van der Waals surface area contributed by atoms with Gasteiger partial charge < -0.3 is 0 Å². The lowest BCUT2D eigenvalue weighted by molar-refractivity contribution is 0.498. The van der Waals surface area contributed by atoms with Gasteiger partial charge in [0.05, 0.1) is 0 Å². The fourth-order valence-corrected chi connectivity index (χ4v) is 5.95. The van der Waals surface area contributed by atoms with Crippen LogP contribution in [0.15, 0.2) is 54.6 Å². The van der Waals surface area contributed by atoms with Gasteiger partial charge in [-0.15, -0.1) is 0 Å². The maximum absolute atomic E-state index is 2.47. The van der Waals surface area contributed by atoms with Crippen molar-refractivity contribution in [3.8, 4) is 0 Å². The SMILES string of the molecule is CCc1ccc(C2=CCC(c3ccc4c(c3)C=CC4C3CCCC3)=C2)cc1C(C)(C)C. The Morgan fingerprint density at radius 2 is 1.71 bits per heavy atom. The minimum absolute atomic E-state index is 0.176. The highest BCUT2D eigenvalue weighted by atomic mass is 14.3. The number of allylic oxidation sites excluding steroid dienone is 5. The Kier molecular flexibility index (Phi) is 5.29. The first kappa shape index (κ1) is 20.6. The van der Waals surface area contributed by atoms with Crippen LogP contribution in [-0.4, -0.2) is 0 Å². The molecule has 0 spiro atoms. The Labute approximate surface area is 188 Å². The van der Waals surface area contributed by atoms with E-state index in [4.69, 9.17) is 0 Å². The topological polar surface area (TPSA) is 0 Å². The van der Waals surface area contributed by atoms with Gasteiger partial charge in [-0.25, -0.2) is 0 Å². The number of hydrogen-bond acceptors (Lipinski definition) is 0. The van der Waals surface area contributed by atoms with Gasteiger partial charge in [-0.3, -0.25) is 0 Å². The molecule has 1 fully saturated rings. The number of aryl methyl sites for hydroxylation is 1. The van der Waals surface area contributed by atoms with Crippen molar-refractivity contribution in [2.75, 3.05) is 0 Å². The largest absolute Gasteiger partial charge is 0.0761 e. The molecule has 0 bridgehead atoms. The summed E-state index contributed by atoms with van der Waals surface area (Å²) < 4.78 is 0. The van der Waals surface area contributed by atoms with Crippen molar-refractivity contribution in [2.24, 2.45) is 5.92 Å². The lowest BCUT2D eigenvalue weighted by Crippen LogP contribution is -2.14.